The monoisotopic (exact) mass is 393 g/mol. The van der Waals surface area contributed by atoms with E-state index in [1.165, 1.54) is 12.1 Å². The number of alkyl halides is 3. The minimum Gasteiger partial charge on any atom is -0.349 e. The molecular formula is C20H22F3N3S. The standard InChI is InChI=1S/C20H22F3N3S/c1-14-7-8-24-18(10-14)25-19(27)26-9-3-5-16(13-26)11-15-4-2-6-17(12-15)20(21,22)23/h2,4,6-8,10,12,16H,3,5,9,11,13H2,1H3,(H,24,25,27). The van der Waals surface area contributed by atoms with Crippen molar-refractivity contribution in [3.05, 3.63) is 59.3 Å². The van der Waals surface area contributed by atoms with Crippen LogP contribution >= 0.6 is 12.2 Å². The van der Waals surface area contributed by atoms with Crippen molar-refractivity contribution in [1.29, 1.82) is 0 Å². The second-order valence-electron chi connectivity index (χ2n) is 7.01. The SMILES string of the molecule is Cc1ccnc(NC(=S)N2CCCC(Cc3cccc(C(F)(F)F)c3)C2)c1. The summed E-state index contributed by atoms with van der Waals surface area (Å²) in [4.78, 5) is 6.35. The topological polar surface area (TPSA) is 28.2 Å². The molecule has 1 atom stereocenters. The van der Waals surface area contributed by atoms with Crippen molar-refractivity contribution in [3.63, 3.8) is 0 Å². The van der Waals surface area contributed by atoms with Crippen LogP contribution in [0.5, 0.6) is 0 Å². The van der Waals surface area contributed by atoms with Crippen LogP contribution in [0.1, 0.15) is 29.5 Å². The fraction of sp³-hybridized carbons (Fsp3) is 0.400. The van der Waals surface area contributed by atoms with Crippen molar-refractivity contribution in [2.24, 2.45) is 5.92 Å². The maximum Gasteiger partial charge on any atom is 0.416 e. The number of nitrogens with zero attached hydrogens (tertiary/aromatic N) is 2. The van der Waals surface area contributed by atoms with Gasteiger partial charge in [0.05, 0.1) is 5.56 Å². The number of anilines is 1. The van der Waals surface area contributed by atoms with Gasteiger partial charge in [0.1, 0.15) is 5.82 Å². The summed E-state index contributed by atoms with van der Waals surface area (Å²) in [6.45, 7) is 3.56. The Morgan fingerprint density at radius 3 is 2.85 bits per heavy atom. The van der Waals surface area contributed by atoms with E-state index < -0.39 is 11.7 Å². The summed E-state index contributed by atoms with van der Waals surface area (Å²) in [5, 5.41) is 3.78. The zero-order valence-electron chi connectivity index (χ0n) is 15.1. The van der Waals surface area contributed by atoms with Gasteiger partial charge in [0.15, 0.2) is 5.11 Å². The molecule has 7 heteroatoms. The quantitative estimate of drug-likeness (QED) is 0.738. The number of pyridine rings is 1. The minimum atomic E-state index is -4.30. The number of thiocarbonyl (C=S) groups is 1. The second-order valence-corrected chi connectivity index (χ2v) is 7.39. The fourth-order valence-electron chi connectivity index (χ4n) is 3.42. The van der Waals surface area contributed by atoms with Gasteiger partial charge in [-0.3, -0.25) is 0 Å². The predicted octanol–water partition coefficient (Wildman–Crippen LogP) is 5.06. The molecule has 0 saturated carbocycles. The summed E-state index contributed by atoms with van der Waals surface area (Å²) in [5.41, 5.74) is 1.22. The van der Waals surface area contributed by atoms with E-state index >= 15 is 0 Å². The largest absolute Gasteiger partial charge is 0.416 e. The van der Waals surface area contributed by atoms with Gasteiger partial charge in [-0.15, -0.1) is 0 Å². The lowest BCUT2D eigenvalue weighted by atomic mass is 9.91. The molecule has 144 valence electrons. The number of likely N-dealkylation sites (tertiary alicyclic amines) is 1. The Bertz CT molecular complexity index is 807. The van der Waals surface area contributed by atoms with Crippen LogP contribution in [0.3, 0.4) is 0 Å². The molecule has 2 heterocycles. The molecule has 0 spiro atoms. The van der Waals surface area contributed by atoms with Crippen molar-refractivity contribution in [2.75, 3.05) is 18.4 Å². The first kappa shape index (κ1) is 19.6. The summed E-state index contributed by atoms with van der Waals surface area (Å²) < 4.78 is 38.7. The zero-order valence-corrected chi connectivity index (χ0v) is 15.9. The van der Waals surface area contributed by atoms with Crippen LogP contribution in [-0.2, 0) is 12.6 Å². The van der Waals surface area contributed by atoms with Crippen LogP contribution < -0.4 is 5.32 Å². The average Bonchev–Trinajstić information content (AvgIpc) is 2.61. The predicted molar refractivity (Wildman–Crippen MR) is 105 cm³/mol. The Morgan fingerprint density at radius 2 is 2.11 bits per heavy atom. The Morgan fingerprint density at radius 1 is 1.30 bits per heavy atom. The number of aromatic nitrogens is 1. The number of benzene rings is 1. The number of piperidine rings is 1. The normalized spacial score (nSPS) is 17.6. The molecule has 1 aliphatic rings. The van der Waals surface area contributed by atoms with Crippen LogP contribution in [-0.4, -0.2) is 28.1 Å². The highest BCUT2D eigenvalue weighted by molar-refractivity contribution is 7.80. The Labute approximate surface area is 162 Å². The summed E-state index contributed by atoms with van der Waals surface area (Å²) in [6.07, 6.45) is -0.00961. The van der Waals surface area contributed by atoms with Gasteiger partial charge in [0, 0.05) is 19.3 Å². The van der Waals surface area contributed by atoms with E-state index in [2.05, 4.69) is 15.2 Å². The summed E-state index contributed by atoms with van der Waals surface area (Å²) >= 11 is 5.51. The first-order chi connectivity index (χ1) is 12.8. The van der Waals surface area contributed by atoms with Gasteiger partial charge in [0.2, 0.25) is 0 Å². The number of rotatable bonds is 3. The van der Waals surface area contributed by atoms with Crippen LogP contribution in [0.2, 0.25) is 0 Å². The van der Waals surface area contributed by atoms with E-state index in [1.807, 2.05) is 19.1 Å². The van der Waals surface area contributed by atoms with Gasteiger partial charge in [-0.25, -0.2) is 4.98 Å². The zero-order chi connectivity index (χ0) is 19.4. The first-order valence-electron chi connectivity index (χ1n) is 8.96. The molecule has 27 heavy (non-hydrogen) atoms. The second kappa shape index (κ2) is 8.25. The number of hydrogen-bond acceptors (Lipinski definition) is 2. The van der Waals surface area contributed by atoms with E-state index in [0.29, 0.717) is 17.4 Å². The summed E-state index contributed by atoms with van der Waals surface area (Å²) in [5.74, 6) is 0.979. The molecule has 0 aliphatic carbocycles. The molecule has 0 bridgehead atoms. The van der Waals surface area contributed by atoms with E-state index in [-0.39, 0.29) is 5.92 Å². The van der Waals surface area contributed by atoms with Crippen molar-refractivity contribution in [2.45, 2.75) is 32.4 Å². The van der Waals surface area contributed by atoms with E-state index in [1.54, 1.807) is 12.3 Å². The molecule has 3 nitrogen and oxygen atoms in total. The molecule has 2 aromatic rings. The van der Waals surface area contributed by atoms with Gasteiger partial charge in [-0.1, -0.05) is 18.2 Å². The lowest BCUT2D eigenvalue weighted by molar-refractivity contribution is -0.137. The van der Waals surface area contributed by atoms with Crippen LogP contribution in [0.15, 0.2) is 42.6 Å². The molecule has 1 aliphatic heterocycles. The van der Waals surface area contributed by atoms with Gasteiger partial charge in [-0.05, 0) is 73.6 Å². The highest BCUT2D eigenvalue weighted by Crippen LogP contribution is 2.30. The minimum absolute atomic E-state index is 0.271. The first-order valence-corrected chi connectivity index (χ1v) is 9.37. The lowest BCUT2D eigenvalue weighted by Crippen LogP contribution is -2.42. The fourth-order valence-corrected chi connectivity index (χ4v) is 3.69. The molecule has 1 fully saturated rings. The molecule has 1 unspecified atom stereocenters. The van der Waals surface area contributed by atoms with Gasteiger partial charge < -0.3 is 10.2 Å². The average molecular weight is 393 g/mol. The highest BCUT2D eigenvalue weighted by Gasteiger charge is 2.30. The summed E-state index contributed by atoms with van der Waals surface area (Å²) in [7, 11) is 0. The third-order valence-corrected chi connectivity index (χ3v) is 5.10. The summed E-state index contributed by atoms with van der Waals surface area (Å²) in [6, 6.07) is 9.46. The number of aryl methyl sites for hydroxylation is 1. The molecule has 1 aromatic carbocycles. The third kappa shape index (κ3) is 5.42. The van der Waals surface area contributed by atoms with Crippen LogP contribution in [0.25, 0.3) is 0 Å². The molecule has 1 N–H and O–H groups in total. The number of nitrogens with one attached hydrogen (secondary N) is 1. The maximum absolute atomic E-state index is 12.9. The number of hydrogen-bond donors (Lipinski definition) is 1. The molecule has 1 saturated heterocycles. The molecule has 3 rings (SSSR count). The number of halogens is 3. The van der Waals surface area contributed by atoms with Crippen molar-refractivity contribution in [3.8, 4) is 0 Å². The van der Waals surface area contributed by atoms with Crippen LogP contribution in [0, 0.1) is 12.8 Å². The molecule has 1 aromatic heterocycles. The van der Waals surface area contributed by atoms with Crippen LogP contribution in [0.4, 0.5) is 19.0 Å². The molecular weight excluding hydrogens is 371 g/mol. The lowest BCUT2D eigenvalue weighted by Gasteiger charge is -2.34. The van der Waals surface area contributed by atoms with E-state index in [4.69, 9.17) is 12.2 Å². The third-order valence-electron chi connectivity index (χ3n) is 4.74. The molecule has 0 amide bonds. The molecule has 0 radical (unpaired) electrons. The Kier molecular flexibility index (Phi) is 5.99. The highest BCUT2D eigenvalue weighted by atomic mass is 32.1. The van der Waals surface area contributed by atoms with E-state index in [9.17, 15) is 13.2 Å². The van der Waals surface area contributed by atoms with Gasteiger partial charge >= 0.3 is 6.18 Å². The maximum atomic E-state index is 12.9. The van der Waals surface area contributed by atoms with Crippen molar-refractivity contribution in [1.82, 2.24) is 9.88 Å². The van der Waals surface area contributed by atoms with Gasteiger partial charge in [-0.2, -0.15) is 13.2 Å². The van der Waals surface area contributed by atoms with E-state index in [0.717, 1.165) is 43.1 Å². The van der Waals surface area contributed by atoms with Crippen molar-refractivity contribution >= 4 is 23.1 Å². The smallest absolute Gasteiger partial charge is 0.349 e. The Hall–Kier alpha value is -2.15. The van der Waals surface area contributed by atoms with Gasteiger partial charge in [0.25, 0.3) is 0 Å². The van der Waals surface area contributed by atoms with Crippen molar-refractivity contribution < 1.29 is 13.2 Å². The Balaban J connectivity index is 1.61.